The van der Waals surface area contributed by atoms with Crippen molar-refractivity contribution in [3.05, 3.63) is 30.1 Å². The lowest BCUT2D eigenvalue weighted by Gasteiger charge is -2.36. The number of carbonyl (C=O) groups is 1. The minimum Gasteiger partial charge on any atom is -0.356 e. The average Bonchev–Trinajstić information content (AvgIpc) is 3.57. The SMILES string of the molecule is CCNC(=O)N(CC1CC1)CC1CCN(c2nccc3nc(C(F)(F)F)ccc23)CC1. The topological polar surface area (TPSA) is 61.4 Å². The number of piperidine rings is 1. The summed E-state index contributed by atoms with van der Waals surface area (Å²) in [5.41, 5.74) is -0.592. The number of urea groups is 1. The van der Waals surface area contributed by atoms with Crippen molar-refractivity contribution in [3.63, 3.8) is 0 Å². The predicted octanol–water partition coefficient (Wildman–Crippen LogP) is 4.31. The van der Waals surface area contributed by atoms with E-state index in [1.54, 1.807) is 0 Å². The summed E-state index contributed by atoms with van der Waals surface area (Å²) in [5, 5.41) is 3.55. The third-order valence-corrected chi connectivity index (χ3v) is 6.07. The van der Waals surface area contributed by atoms with E-state index in [9.17, 15) is 18.0 Å². The van der Waals surface area contributed by atoms with E-state index in [0.717, 1.165) is 45.1 Å². The number of halogens is 3. The summed E-state index contributed by atoms with van der Waals surface area (Å²) in [7, 11) is 0. The maximum absolute atomic E-state index is 13.0. The van der Waals surface area contributed by atoms with Crippen LogP contribution in [0.15, 0.2) is 24.4 Å². The lowest BCUT2D eigenvalue weighted by atomic mass is 9.96. The number of nitrogens with zero attached hydrogens (tertiary/aromatic N) is 4. The Morgan fingerprint density at radius 1 is 1.13 bits per heavy atom. The summed E-state index contributed by atoms with van der Waals surface area (Å²) in [6.07, 6.45) is 1.27. The molecule has 0 aromatic carbocycles. The van der Waals surface area contributed by atoms with Crippen molar-refractivity contribution in [1.82, 2.24) is 20.2 Å². The first-order chi connectivity index (χ1) is 14.8. The first-order valence-electron chi connectivity index (χ1n) is 11.0. The van der Waals surface area contributed by atoms with Crippen molar-refractivity contribution in [1.29, 1.82) is 0 Å². The van der Waals surface area contributed by atoms with Gasteiger partial charge in [-0.05, 0) is 62.6 Å². The van der Waals surface area contributed by atoms with Gasteiger partial charge in [-0.25, -0.2) is 14.8 Å². The number of anilines is 1. The first-order valence-corrected chi connectivity index (χ1v) is 11.0. The number of rotatable bonds is 6. The number of alkyl halides is 3. The Bertz CT molecular complexity index is 923. The molecular weight excluding hydrogens is 407 g/mol. The number of pyridine rings is 2. The van der Waals surface area contributed by atoms with Crippen LogP contribution in [-0.2, 0) is 6.18 Å². The van der Waals surface area contributed by atoms with Gasteiger partial charge in [-0.15, -0.1) is 0 Å². The molecule has 1 saturated heterocycles. The van der Waals surface area contributed by atoms with Crippen LogP contribution in [-0.4, -0.2) is 53.6 Å². The molecule has 2 aromatic rings. The van der Waals surface area contributed by atoms with Crippen molar-refractivity contribution in [3.8, 4) is 0 Å². The molecule has 0 bridgehead atoms. The summed E-state index contributed by atoms with van der Waals surface area (Å²) in [5.74, 6) is 1.72. The molecule has 0 atom stereocenters. The molecule has 6 nitrogen and oxygen atoms in total. The second-order valence-electron chi connectivity index (χ2n) is 8.51. The molecule has 1 aliphatic carbocycles. The summed E-state index contributed by atoms with van der Waals surface area (Å²) < 4.78 is 39.0. The molecule has 2 aliphatic rings. The second-order valence-corrected chi connectivity index (χ2v) is 8.51. The van der Waals surface area contributed by atoms with Crippen molar-refractivity contribution in [2.45, 2.75) is 38.8 Å². The third-order valence-electron chi connectivity index (χ3n) is 6.07. The number of hydrogen-bond donors (Lipinski definition) is 1. The number of amides is 2. The molecule has 31 heavy (non-hydrogen) atoms. The molecule has 4 rings (SSSR count). The molecule has 3 heterocycles. The van der Waals surface area contributed by atoms with Crippen LogP contribution in [0.3, 0.4) is 0 Å². The van der Waals surface area contributed by atoms with Gasteiger partial charge in [0, 0.05) is 44.3 Å². The Morgan fingerprint density at radius 3 is 2.42 bits per heavy atom. The molecule has 1 aliphatic heterocycles. The standard InChI is InChI=1S/C22H28F3N5O/c1-2-26-21(31)30(13-15-3-4-15)14-16-8-11-29(12-9-16)20-17-5-6-19(22(23,24)25)28-18(17)7-10-27-20/h5-7,10,15-16H,2-4,8-9,11-14H2,1H3,(H,26,31). The van der Waals surface area contributed by atoms with Crippen LogP contribution in [0.4, 0.5) is 23.8 Å². The number of hydrogen-bond acceptors (Lipinski definition) is 4. The average molecular weight is 435 g/mol. The molecule has 2 fully saturated rings. The number of nitrogens with one attached hydrogen (secondary N) is 1. The van der Waals surface area contributed by atoms with E-state index in [1.165, 1.54) is 31.2 Å². The molecule has 2 amide bonds. The van der Waals surface area contributed by atoms with E-state index < -0.39 is 11.9 Å². The van der Waals surface area contributed by atoms with Crippen LogP contribution in [0.25, 0.3) is 10.9 Å². The van der Waals surface area contributed by atoms with E-state index in [4.69, 9.17) is 0 Å². The fourth-order valence-electron chi connectivity index (χ4n) is 4.20. The van der Waals surface area contributed by atoms with E-state index in [2.05, 4.69) is 20.2 Å². The van der Waals surface area contributed by atoms with Gasteiger partial charge in [0.1, 0.15) is 11.5 Å². The van der Waals surface area contributed by atoms with Crippen LogP contribution in [0.5, 0.6) is 0 Å². The Morgan fingerprint density at radius 2 is 1.81 bits per heavy atom. The highest BCUT2D eigenvalue weighted by atomic mass is 19.4. The Kier molecular flexibility index (Phi) is 6.20. The van der Waals surface area contributed by atoms with E-state index >= 15 is 0 Å². The number of aromatic nitrogens is 2. The molecule has 1 N–H and O–H groups in total. The molecule has 0 unspecified atom stereocenters. The summed E-state index contributed by atoms with van der Waals surface area (Å²) in [4.78, 5) is 24.7. The van der Waals surface area contributed by atoms with Crippen LogP contribution in [0.1, 0.15) is 38.3 Å². The van der Waals surface area contributed by atoms with E-state index in [1.807, 2.05) is 11.8 Å². The largest absolute Gasteiger partial charge is 0.433 e. The normalized spacial score (nSPS) is 17.7. The summed E-state index contributed by atoms with van der Waals surface area (Å²) >= 11 is 0. The van der Waals surface area contributed by atoms with Gasteiger partial charge in [-0.1, -0.05) is 0 Å². The van der Waals surface area contributed by atoms with Crippen LogP contribution in [0, 0.1) is 11.8 Å². The lowest BCUT2D eigenvalue weighted by molar-refractivity contribution is -0.140. The van der Waals surface area contributed by atoms with Gasteiger partial charge in [-0.2, -0.15) is 13.2 Å². The van der Waals surface area contributed by atoms with Gasteiger partial charge in [-0.3, -0.25) is 0 Å². The van der Waals surface area contributed by atoms with E-state index in [0.29, 0.717) is 35.1 Å². The highest BCUT2D eigenvalue weighted by Crippen LogP contribution is 2.33. The number of fused-ring (bicyclic) bond motifs is 1. The van der Waals surface area contributed by atoms with Crippen molar-refractivity contribution in [2.24, 2.45) is 11.8 Å². The molecule has 9 heteroatoms. The quantitative estimate of drug-likeness (QED) is 0.735. The smallest absolute Gasteiger partial charge is 0.356 e. The van der Waals surface area contributed by atoms with Gasteiger partial charge in [0.2, 0.25) is 0 Å². The monoisotopic (exact) mass is 435 g/mol. The van der Waals surface area contributed by atoms with Gasteiger partial charge >= 0.3 is 12.2 Å². The van der Waals surface area contributed by atoms with Crippen molar-refractivity contribution < 1.29 is 18.0 Å². The molecule has 2 aromatic heterocycles. The zero-order valence-corrected chi connectivity index (χ0v) is 17.7. The second kappa shape index (κ2) is 8.88. The lowest BCUT2D eigenvalue weighted by Crippen LogP contribution is -2.45. The van der Waals surface area contributed by atoms with Crippen molar-refractivity contribution >= 4 is 22.8 Å². The molecule has 168 valence electrons. The van der Waals surface area contributed by atoms with Gasteiger partial charge in [0.05, 0.1) is 5.52 Å². The number of carbonyl (C=O) groups excluding carboxylic acids is 1. The van der Waals surface area contributed by atoms with Gasteiger partial charge in [0.15, 0.2) is 0 Å². The zero-order valence-electron chi connectivity index (χ0n) is 17.7. The van der Waals surface area contributed by atoms with Crippen LogP contribution < -0.4 is 10.2 Å². The summed E-state index contributed by atoms with van der Waals surface area (Å²) in [6.45, 7) is 5.62. The Labute approximate surface area is 179 Å². The minimum absolute atomic E-state index is 0.0130. The Balaban J connectivity index is 1.42. The highest BCUT2D eigenvalue weighted by molar-refractivity contribution is 5.89. The highest BCUT2D eigenvalue weighted by Gasteiger charge is 2.33. The van der Waals surface area contributed by atoms with Crippen LogP contribution >= 0.6 is 0 Å². The molecule has 0 spiro atoms. The fraction of sp³-hybridized carbons (Fsp3) is 0.591. The zero-order chi connectivity index (χ0) is 22.0. The Hall–Kier alpha value is -2.58. The van der Waals surface area contributed by atoms with Gasteiger partial charge < -0.3 is 15.1 Å². The maximum Gasteiger partial charge on any atom is 0.433 e. The fourth-order valence-corrected chi connectivity index (χ4v) is 4.20. The van der Waals surface area contributed by atoms with Crippen molar-refractivity contribution in [2.75, 3.05) is 37.6 Å². The molecule has 1 saturated carbocycles. The molecular formula is C22H28F3N5O. The summed E-state index contributed by atoms with van der Waals surface area (Å²) in [6, 6.07) is 4.01. The first kappa shape index (κ1) is 21.6. The van der Waals surface area contributed by atoms with E-state index in [-0.39, 0.29) is 6.03 Å². The van der Waals surface area contributed by atoms with Gasteiger partial charge in [0.25, 0.3) is 0 Å². The predicted molar refractivity (Wildman–Crippen MR) is 113 cm³/mol. The third kappa shape index (κ3) is 5.19. The minimum atomic E-state index is -4.47. The molecule has 0 radical (unpaired) electrons. The maximum atomic E-state index is 13.0. The van der Waals surface area contributed by atoms with Crippen LogP contribution in [0.2, 0.25) is 0 Å².